The average molecular weight is 606 g/mol. The number of alkyl halides is 3. The maximum Gasteiger partial charge on any atom is 0.416 e. The molecule has 0 radical (unpaired) electrons. The highest BCUT2D eigenvalue weighted by Crippen LogP contribution is 2.32. The first-order valence-electron chi connectivity index (χ1n) is 10.4. The van der Waals surface area contributed by atoms with Crippen molar-refractivity contribution >= 4 is 64.1 Å². The van der Waals surface area contributed by atoms with E-state index in [9.17, 15) is 18.0 Å². The number of hydrogen-bond donors (Lipinski definition) is 1. The van der Waals surface area contributed by atoms with Crippen molar-refractivity contribution in [2.24, 2.45) is 0 Å². The van der Waals surface area contributed by atoms with Gasteiger partial charge in [0.25, 0.3) is 5.91 Å². The molecule has 1 amide bonds. The Morgan fingerprint density at radius 1 is 0.919 bits per heavy atom. The monoisotopic (exact) mass is 604 g/mol. The van der Waals surface area contributed by atoms with E-state index in [4.69, 9.17) is 46.4 Å². The number of hydrogen-bond acceptors (Lipinski definition) is 4. The standard InChI is InChI=1S/C24H15Cl4F3N4OS/c25-15-4-6-17(19(27)9-15)22(36)32-11-21-33-34-23(35(21)16-5-7-18(26)20(28)10-16)37-12-13-2-1-3-14(8-13)24(29,30)31/h1-10H,11-12H2,(H,32,36). The van der Waals surface area contributed by atoms with E-state index in [0.717, 1.165) is 12.1 Å². The van der Waals surface area contributed by atoms with Crippen molar-refractivity contribution in [3.63, 3.8) is 0 Å². The van der Waals surface area contributed by atoms with Gasteiger partial charge >= 0.3 is 6.18 Å². The van der Waals surface area contributed by atoms with Crippen LogP contribution >= 0.6 is 58.2 Å². The molecule has 0 saturated heterocycles. The Morgan fingerprint density at radius 2 is 1.70 bits per heavy atom. The normalized spacial score (nSPS) is 11.5. The Bertz CT molecular complexity index is 1460. The van der Waals surface area contributed by atoms with E-state index in [2.05, 4.69) is 15.5 Å². The van der Waals surface area contributed by atoms with Crippen LogP contribution in [0.3, 0.4) is 0 Å². The molecular weight excluding hydrogens is 591 g/mol. The molecule has 0 atom stereocenters. The molecule has 37 heavy (non-hydrogen) atoms. The SMILES string of the molecule is O=C(NCc1nnc(SCc2cccc(C(F)(F)F)c2)n1-c1ccc(Cl)c(Cl)c1)c1ccc(Cl)cc1Cl. The summed E-state index contributed by atoms with van der Waals surface area (Å²) in [5.41, 5.74) is 0.502. The molecule has 13 heteroatoms. The fraction of sp³-hybridized carbons (Fsp3) is 0.125. The number of amides is 1. The molecule has 5 nitrogen and oxygen atoms in total. The zero-order valence-corrected chi connectivity index (χ0v) is 22.3. The van der Waals surface area contributed by atoms with Crippen LogP contribution < -0.4 is 5.32 Å². The fourth-order valence-electron chi connectivity index (χ4n) is 3.31. The van der Waals surface area contributed by atoms with Crippen molar-refractivity contribution in [3.05, 3.63) is 103 Å². The molecule has 3 aromatic carbocycles. The molecule has 0 bridgehead atoms. The van der Waals surface area contributed by atoms with Gasteiger partial charge in [0.15, 0.2) is 11.0 Å². The number of halogens is 7. The average Bonchev–Trinajstić information content (AvgIpc) is 3.25. The molecule has 0 aliphatic heterocycles. The minimum Gasteiger partial charge on any atom is -0.345 e. The van der Waals surface area contributed by atoms with Crippen LogP contribution in [0.15, 0.2) is 65.8 Å². The third kappa shape index (κ3) is 6.72. The summed E-state index contributed by atoms with van der Waals surface area (Å²) in [5, 5.41) is 12.7. The van der Waals surface area contributed by atoms with Gasteiger partial charge in [0.05, 0.1) is 38.4 Å². The van der Waals surface area contributed by atoms with Crippen molar-refractivity contribution < 1.29 is 18.0 Å². The predicted octanol–water partition coefficient (Wildman–Crippen LogP) is 8.12. The number of rotatable bonds is 7. The molecule has 4 aromatic rings. The lowest BCUT2D eigenvalue weighted by Crippen LogP contribution is -2.25. The van der Waals surface area contributed by atoms with Gasteiger partial charge in [0.2, 0.25) is 0 Å². The summed E-state index contributed by atoms with van der Waals surface area (Å²) in [6.45, 7) is -0.0326. The molecule has 1 N–H and O–H groups in total. The highest BCUT2D eigenvalue weighted by atomic mass is 35.5. The zero-order valence-electron chi connectivity index (χ0n) is 18.5. The van der Waals surface area contributed by atoms with Gasteiger partial charge in [-0.3, -0.25) is 9.36 Å². The van der Waals surface area contributed by atoms with Crippen LogP contribution in [-0.4, -0.2) is 20.7 Å². The third-order valence-corrected chi connectivity index (χ3v) is 7.35. The molecule has 0 spiro atoms. The van der Waals surface area contributed by atoms with Gasteiger partial charge in [0.1, 0.15) is 0 Å². The summed E-state index contributed by atoms with van der Waals surface area (Å²) in [5.74, 6) is 0.0859. The second-order valence-electron chi connectivity index (χ2n) is 7.63. The smallest absolute Gasteiger partial charge is 0.345 e. The molecule has 0 aliphatic carbocycles. The van der Waals surface area contributed by atoms with Gasteiger partial charge in [-0.2, -0.15) is 13.2 Å². The quantitative estimate of drug-likeness (QED) is 0.216. The lowest BCUT2D eigenvalue weighted by molar-refractivity contribution is -0.137. The van der Waals surface area contributed by atoms with Gasteiger partial charge < -0.3 is 5.32 Å². The number of nitrogens with one attached hydrogen (secondary N) is 1. The van der Waals surface area contributed by atoms with Crippen molar-refractivity contribution in [2.75, 3.05) is 0 Å². The van der Waals surface area contributed by atoms with Crippen molar-refractivity contribution in [1.29, 1.82) is 0 Å². The van der Waals surface area contributed by atoms with Crippen LogP contribution in [-0.2, 0) is 18.5 Å². The van der Waals surface area contributed by atoms with E-state index in [-0.39, 0.29) is 27.9 Å². The molecule has 0 unspecified atom stereocenters. The van der Waals surface area contributed by atoms with Crippen LogP contribution in [0.2, 0.25) is 20.1 Å². The maximum absolute atomic E-state index is 13.1. The molecule has 4 rings (SSSR count). The summed E-state index contributed by atoms with van der Waals surface area (Å²) in [7, 11) is 0. The highest BCUT2D eigenvalue weighted by Gasteiger charge is 2.30. The Morgan fingerprint density at radius 3 is 2.41 bits per heavy atom. The van der Waals surface area contributed by atoms with Crippen LogP contribution in [0.25, 0.3) is 5.69 Å². The van der Waals surface area contributed by atoms with E-state index >= 15 is 0 Å². The Balaban J connectivity index is 1.60. The van der Waals surface area contributed by atoms with Gasteiger partial charge in [-0.25, -0.2) is 0 Å². The number of nitrogens with zero attached hydrogens (tertiary/aromatic N) is 3. The van der Waals surface area contributed by atoms with E-state index in [1.165, 1.54) is 30.0 Å². The lowest BCUT2D eigenvalue weighted by atomic mass is 10.1. The van der Waals surface area contributed by atoms with Crippen LogP contribution in [0, 0.1) is 0 Å². The summed E-state index contributed by atoms with van der Waals surface area (Å²) < 4.78 is 40.9. The maximum atomic E-state index is 13.1. The van der Waals surface area contributed by atoms with E-state index in [1.807, 2.05) is 0 Å². The van der Waals surface area contributed by atoms with Crippen LogP contribution in [0.4, 0.5) is 13.2 Å². The van der Waals surface area contributed by atoms with Crippen molar-refractivity contribution in [1.82, 2.24) is 20.1 Å². The summed E-state index contributed by atoms with van der Waals surface area (Å²) in [4.78, 5) is 12.7. The number of carbonyl (C=O) groups excluding carboxylic acids is 1. The molecule has 0 fully saturated rings. The number of thioether (sulfide) groups is 1. The minimum atomic E-state index is -4.45. The van der Waals surface area contributed by atoms with Crippen LogP contribution in [0.5, 0.6) is 0 Å². The summed E-state index contributed by atoms with van der Waals surface area (Å²) in [6.07, 6.45) is -4.45. The predicted molar refractivity (Wildman–Crippen MR) is 140 cm³/mol. The minimum absolute atomic E-state index is 0.0326. The summed E-state index contributed by atoms with van der Waals surface area (Å²) >= 11 is 25.5. The largest absolute Gasteiger partial charge is 0.416 e. The third-order valence-electron chi connectivity index (χ3n) is 5.07. The summed E-state index contributed by atoms with van der Waals surface area (Å²) in [6, 6.07) is 14.4. The Kier molecular flexibility index (Phi) is 8.60. The number of carbonyl (C=O) groups is 1. The zero-order chi connectivity index (χ0) is 26.7. The topological polar surface area (TPSA) is 59.8 Å². The Labute approximate surface area is 233 Å². The molecule has 0 aliphatic rings. The van der Waals surface area contributed by atoms with Crippen LogP contribution in [0.1, 0.15) is 27.3 Å². The first-order valence-corrected chi connectivity index (χ1v) is 12.9. The van der Waals surface area contributed by atoms with Gasteiger partial charge in [-0.05, 0) is 48.0 Å². The van der Waals surface area contributed by atoms with Crippen molar-refractivity contribution in [3.8, 4) is 5.69 Å². The number of benzene rings is 3. The second-order valence-corrected chi connectivity index (χ2v) is 10.2. The van der Waals surface area contributed by atoms with Crippen molar-refractivity contribution in [2.45, 2.75) is 23.6 Å². The number of aromatic nitrogens is 3. The van der Waals surface area contributed by atoms with Gasteiger partial charge in [0, 0.05) is 10.8 Å². The molecule has 0 saturated carbocycles. The van der Waals surface area contributed by atoms with E-state index in [1.54, 1.807) is 34.9 Å². The molecular formula is C24H15Cl4F3N4OS. The second kappa shape index (κ2) is 11.5. The lowest BCUT2D eigenvalue weighted by Gasteiger charge is -2.13. The Hall–Kier alpha value is -2.43. The van der Waals surface area contributed by atoms with E-state index < -0.39 is 17.6 Å². The first-order chi connectivity index (χ1) is 17.5. The van der Waals surface area contributed by atoms with Gasteiger partial charge in [-0.1, -0.05) is 76.4 Å². The molecule has 192 valence electrons. The van der Waals surface area contributed by atoms with Gasteiger partial charge in [-0.15, -0.1) is 10.2 Å². The first kappa shape index (κ1) is 27.6. The molecule has 1 aromatic heterocycles. The van der Waals surface area contributed by atoms with E-state index in [0.29, 0.717) is 32.3 Å². The fourth-order valence-corrected chi connectivity index (χ4v) is 5.01. The molecule has 1 heterocycles. The highest BCUT2D eigenvalue weighted by molar-refractivity contribution is 7.98.